The van der Waals surface area contributed by atoms with Crippen molar-refractivity contribution in [2.75, 3.05) is 20.8 Å². The van der Waals surface area contributed by atoms with Crippen LogP contribution in [0.2, 0.25) is 0 Å². The van der Waals surface area contributed by atoms with Crippen molar-refractivity contribution in [2.45, 2.75) is 37.3 Å². The van der Waals surface area contributed by atoms with Crippen LogP contribution in [0.15, 0.2) is 53.9 Å². The molecule has 0 saturated heterocycles. The van der Waals surface area contributed by atoms with Gasteiger partial charge in [-0.1, -0.05) is 49.2 Å². The van der Waals surface area contributed by atoms with Gasteiger partial charge in [-0.15, -0.1) is 11.3 Å². The first-order chi connectivity index (χ1) is 14.6. The summed E-state index contributed by atoms with van der Waals surface area (Å²) in [5.41, 5.74) is 2.93. The summed E-state index contributed by atoms with van der Waals surface area (Å²) in [5, 5.41) is 17.0. The van der Waals surface area contributed by atoms with E-state index >= 15 is 0 Å². The van der Waals surface area contributed by atoms with E-state index in [9.17, 15) is 5.11 Å². The highest BCUT2D eigenvalue weighted by molar-refractivity contribution is 7.13. The van der Waals surface area contributed by atoms with Gasteiger partial charge in [0.25, 0.3) is 0 Å². The second kappa shape index (κ2) is 9.16. The van der Waals surface area contributed by atoms with Gasteiger partial charge in [0.15, 0.2) is 11.5 Å². The summed E-state index contributed by atoms with van der Waals surface area (Å²) in [6, 6.07) is 16.2. The van der Waals surface area contributed by atoms with E-state index in [0.29, 0.717) is 12.2 Å². The van der Waals surface area contributed by atoms with Gasteiger partial charge in [-0.05, 0) is 30.5 Å². The van der Waals surface area contributed by atoms with E-state index in [4.69, 9.17) is 9.47 Å². The topological polar surface area (TPSA) is 63.6 Å². The van der Waals surface area contributed by atoms with Crippen LogP contribution < -0.4 is 14.8 Å². The van der Waals surface area contributed by atoms with E-state index in [1.165, 1.54) is 18.4 Å². The Bertz CT molecular complexity index is 968. The fourth-order valence-corrected chi connectivity index (χ4v) is 5.15. The summed E-state index contributed by atoms with van der Waals surface area (Å²) in [6.07, 6.45) is 3.72. The molecule has 0 aliphatic heterocycles. The Hall–Kier alpha value is -2.41. The lowest BCUT2D eigenvalue weighted by atomic mass is 9.78. The molecule has 2 N–H and O–H groups in total. The zero-order chi connectivity index (χ0) is 21.0. The normalized spacial score (nSPS) is 16.4. The number of nitrogens with one attached hydrogen (secondary N) is 1. The summed E-state index contributed by atoms with van der Waals surface area (Å²) in [4.78, 5) is 4.64. The van der Waals surface area contributed by atoms with Crippen LogP contribution in [0, 0.1) is 0 Å². The van der Waals surface area contributed by atoms with Gasteiger partial charge in [0, 0.05) is 22.9 Å². The van der Waals surface area contributed by atoms with Gasteiger partial charge in [0.1, 0.15) is 11.2 Å². The smallest absolute Gasteiger partial charge is 0.161 e. The Labute approximate surface area is 181 Å². The number of aromatic nitrogens is 1. The van der Waals surface area contributed by atoms with E-state index in [1.807, 2.05) is 41.8 Å². The monoisotopic (exact) mass is 424 g/mol. The van der Waals surface area contributed by atoms with Crippen LogP contribution in [0.25, 0.3) is 10.6 Å². The molecule has 2 aromatic carbocycles. The molecule has 1 fully saturated rings. The number of nitrogens with zero attached hydrogens (tertiary/aromatic N) is 1. The van der Waals surface area contributed by atoms with Crippen LogP contribution in [0.1, 0.15) is 43.2 Å². The zero-order valence-corrected chi connectivity index (χ0v) is 18.2. The molecular weight excluding hydrogens is 396 g/mol. The maximum absolute atomic E-state index is 10.8. The molecule has 30 heavy (non-hydrogen) atoms. The van der Waals surface area contributed by atoms with E-state index < -0.39 is 6.23 Å². The second-order valence-electron chi connectivity index (χ2n) is 7.78. The first-order valence-corrected chi connectivity index (χ1v) is 11.2. The van der Waals surface area contributed by atoms with Crippen molar-refractivity contribution in [1.29, 1.82) is 0 Å². The van der Waals surface area contributed by atoms with Crippen molar-refractivity contribution in [3.8, 4) is 22.1 Å². The van der Waals surface area contributed by atoms with Crippen molar-refractivity contribution in [1.82, 2.24) is 10.3 Å². The number of aliphatic hydroxyl groups excluding tert-OH is 1. The van der Waals surface area contributed by atoms with E-state index in [0.717, 1.165) is 34.9 Å². The van der Waals surface area contributed by atoms with Crippen molar-refractivity contribution in [2.24, 2.45) is 0 Å². The number of aliphatic hydroxyl groups is 1. The Morgan fingerprint density at radius 3 is 2.50 bits per heavy atom. The third kappa shape index (κ3) is 4.21. The summed E-state index contributed by atoms with van der Waals surface area (Å²) >= 11 is 1.55. The molecule has 1 atom stereocenters. The summed E-state index contributed by atoms with van der Waals surface area (Å²) in [5.74, 6) is 1.48. The maximum Gasteiger partial charge on any atom is 0.161 e. The summed E-state index contributed by atoms with van der Waals surface area (Å²) < 4.78 is 10.9. The van der Waals surface area contributed by atoms with Crippen molar-refractivity contribution < 1.29 is 14.6 Å². The number of ether oxygens (including phenoxy) is 2. The van der Waals surface area contributed by atoms with E-state index in [1.54, 1.807) is 25.6 Å². The van der Waals surface area contributed by atoms with Crippen molar-refractivity contribution in [3.63, 3.8) is 0 Å². The molecule has 1 saturated carbocycles. The molecule has 1 aliphatic carbocycles. The minimum atomic E-state index is -0.795. The molecule has 6 heteroatoms. The SMILES string of the molecule is COc1ccc(C2(CNC(O)c3csc(-c4ccccc4)n3)CCCC2)cc1OC. The lowest BCUT2D eigenvalue weighted by Crippen LogP contribution is -2.38. The number of methoxy groups -OCH3 is 2. The van der Waals surface area contributed by atoms with Crippen LogP contribution in [0.5, 0.6) is 11.5 Å². The van der Waals surface area contributed by atoms with Gasteiger partial charge in [-0.2, -0.15) is 0 Å². The van der Waals surface area contributed by atoms with Crippen LogP contribution in [0.3, 0.4) is 0 Å². The molecular formula is C24H28N2O3S. The summed E-state index contributed by atoms with van der Waals surface area (Å²) in [7, 11) is 3.32. The average Bonchev–Trinajstić information content (AvgIpc) is 3.48. The standard InChI is InChI=1S/C24H28N2O3S/c1-28-20-11-10-18(14-21(20)29-2)24(12-6-7-13-24)16-25-22(27)19-15-30-23(26-19)17-8-4-3-5-9-17/h3-5,8-11,14-15,22,25,27H,6-7,12-13,16H2,1-2H3. The van der Waals surface area contributed by atoms with Gasteiger partial charge >= 0.3 is 0 Å². The van der Waals surface area contributed by atoms with Gasteiger partial charge in [-0.3, -0.25) is 5.32 Å². The molecule has 1 aromatic heterocycles. The number of hydrogen-bond donors (Lipinski definition) is 2. The zero-order valence-electron chi connectivity index (χ0n) is 17.4. The lowest BCUT2D eigenvalue weighted by Gasteiger charge is -2.31. The van der Waals surface area contributed by atoms with Gasteiger partial charge in [0.05, 0.1) is 19.9 Å². The Morgan fingerprint density at radius 1 is 1.07 bits per heavy atom. The number of rotatable bonds is 8. The second-order valence-corrected chi connectivity index (χ2v) is 8.64. The predicted octanol–water partition coefficient (Wildman–Crippen LogP) is 4.92. The highest BCUT2D eigenvalue weighted by atomic mass is 32.1. The molecule has 1 heterocycles. The summed E-state index contributed by atoms with van der Waals surface area (Å²) in [6.45, 7) is 0.682. The van der Waals surface area contributed by atoms with Gasteiger partial charge in [0.2, 0.25) is 0 Å². The molecule has 0 radical (unpaired) electrons. The van der Waals surface area contributed by atoms with Gasteiger partial charge in [-0.25, -0.2) is 4.98 Å². The van der Waals surface area contributed by atoms with E-state index in [-0.39, 0.29) is 5.41 Å². The first kappa shape index (κ1) is 20.8. The van der Waals surface area contributed by atoms with Crippen LogP contribution in [-0.4, -0.2) is 30.9 Å². The van der Waals surface area contributed by atoms with Crippen molar-refractivity contribution >= 4 is 11.3 Å². The third-order valence-corrected chi connectivity index (χ3v) is 6.92. The van der Waals surface area contributed by atoms with E-state index in [2.05, 4.69) is 22.4 Å². The lowest BCUT2D eigenvalue weighted by molar-refractivity contribution is 0.125. The molecule has 3 aromatic rings. The molecule has 1 unspecified atom stereocenters. The largest absolute Gasteiger partial charge is 0.493 e. The average molecular weight is 425 g/mol. The molecule has 158 valence electrons. The van der Waals surface area contributed by atoms with Crippen LogP contribution in [-0.2, 0) is 5.41 Å². The first-order valence-electron chi connectivity index (χ1n) is 10.3. The molecule has 1 aliphatic rings. The third-order valence-electron chi connectivity index (χ3n) is 6.01. The minimum Gasteiger partial charge on any atom is -0.493 e. The molecule has 5 nitrogen and oxygen atoms in total. The van der Waals surface area contributed by atoms with Crippen LogP contribution >= 0.6 is 11.3 Å². The number of thiazole rings is 1. The van der Waals surface area contributed by atoms with Crippen LogP contribution in [0.4, 0.5) is 0 Å². The molecule has 4 rings (SSSR count). The molecule has 0 spiro atoms. The minimum absolute atomic E-state index is 0.0290. The Balaban J connectivity index is 1.50. The van der Waals surface area contributed by atoms with Crippen molar-refractivity contribution in [3.05, 3.63) is 65.2 Å². The highest BCUT2D eigenvalue weighted by Crippen LogP contribution is 2.43. The fourth-order valence-electron chi connectivity index (χ4n) is 4.31. The quantitative estimate of drug-likeness (QED) is 0.503. The number of hydrogen-bond acceptors (Lipinski definition) is 6. The molecule has 0 amide bonds. The highest BCUT2D eigenvalue weighted by Gasteiger charge is 2.36. The van der Waals surface area contributed by atoms with Gasteiger partial charge < -0.3 is 14.6 Å². The Kier molecular flexibility index (Phi) is 6.37. The molecule has 0 bridgehead atoms. The number of benzene rings is 2. The predicted molar refractivity (Wildman–Crippen MR) is 120 cm³/mol. The Morgan fingerprint density at radius 2 is 1.80 bits per heavy atom. The fraction of sp³-hybridized carbons (Fsp3) is 0.375. The maximum atomic E-state index is 10.8.